The Kier molecular flexibility index (Phi) is 12.1. The van der Waals surface area contributed by atoms with E-state index in [2.05, 4.69) is 74.3 Å². The average Bonchev–Trinajstić information content (AvgIpc) is 3.00. The van der Waals surface area contributed by atoms with Crippen molar-refractivity contribution in [3.8, 4) is 11.5 Å². The number of benzene rings is 3. The maximum absolute atomic E-state index is 13.8. The number of carbonyl (C=O) groups is 1. The fourth-order valence-corrected chi connectivity index (χ4v) is 5.76. The van der Waals surface area contributed by atoms with Gasteiger partial charge in [-0.1, -0.05) is 89.4 Å². The fraction of sp³-hybridized carbons (Fsp3) is 0.486. The lowest BCUT2D eigenvalue weighted by Crippen LogP contribution is -2.35. The lowest BCUT2D eigenvalue weighted by atomic mass is 9.84. The molecule has 3 aromatic rings. The first kappa shape index (κ1) is 32.6. The second-order valence-corrected chi connectivity index (χ2v) is 12.6. The molecule has 1 amide bonds. The zero-order chi connectivity index (χ0) is 30.7. The summed E-state index contributed by atoms with van der Waals surface area (Å²) in [6.07, 6.45) is 4.58. The van der Waals surface area contributed by atoms with Crippen molar-refractivity contribution < 1.29 is 19.0 Å². The summed E-state index contributed by atoms with van der Waals surface area (Å²) in [6.45, 7) is 13.5. The minimum atomic E-state index is -0.103. The van der Waals surface area contributed by atoms with Crippen LogP contribution in [0.4, 0.5) is 5.69 Å². The zero-order valence-corrected chi connectivity index (χ0v) is 26.8. The largest absolute Gasteiger partial charge is 0.496 e. The van der Waals surface area contributed by atoms with Gasteiger partial charge in [0.15, 0.2) is 0 Å². The van der Waals surface area contributed by atoms with Gasteiger partial charge in [0.05, 0.1) is 20.3 Å². The van der Waals surface area contributed by atoms with Crippen LogP contribution in [0.2, 0.25) is 0 Å². The van der Waals surface area contributed by atoms with Crippen LogP contribution in [0.3, 0.4) is 0 Å². The molecule has 1 aliphatic rings. The third kappa shape index (κ3) is 9.84. The number of carbonyl (C=O) groups excluding carboxylic acids is 1. The number of ether oxygens (including phenoxy) is 3. The van der Waals surface area contributed by atoms with Crippen molar-refractivity contribution in [2.45, 2.75) is 84.3 Å². The molecule has 1 aliphatic heterocycles. The van der Waals surface area contributed by atoms with E-state index in [0.29, 0.717) is 13.0 Å². The number of anilines is 1. The molecule has 1 saturated heterocycles. The average molecular weight is 587 g/mol. The van der Waals surface area contributed by atoms with Crippen LogP contribution in [0.25, 0.3) is 0 Å². The van der Waals surface area contributed by atoms with Crippen LogP contribution in [0.5, 0.6) is 11.5 Å². The van der Waals surface area contributed by atoms with E-state index >= 15 is 0 Å². The van der Waals surface area contributed by atoms with Crippen molar-refractivity contribution in [2.75, 3.05) is 38.7 Å². The monoisotopic (exact) mass is 586 g/mol. The third-order valence-electron chi connectivity index (χ3n) is 8.15. The Labute approximate surface area is 258 Å². The highest BCUT2D eigenvalue weighted by atomic mass is 16.5. The first-order chi connectivity index (χ1) is 20.8. The Hall–Kier alpha value is -3.35. The van der Waals surface area contributed by atoms with E-state index in [1.807, 2.05) is 30.3 Å². The molecule has 1 unspecified atom stereocenters. The molecule has 232 valence electrons. The summed E-state index contributed by atoms with van der Waals surface area (Å²) in [7, 11) is 1.70. The molecule has 4 rings (SSSR count). The van der Waals surface area contributed by atoms with Gasteiger partial charge < -0.3 is 19.5 Å². The minimum Gasteiger partial charge on any atom is -0.496 e. The maximum Gasteiger partial charge on any atom is 0.224 e. The molecule has 6 heteroatoms. The van der Waals surface area contributed by atoms with E-state index in [1.165, 1.54) is 5.56 Å². The first-order valence-electron chi connectivity index (χ1n) is 15.8. The van der Waals surface area contributed by atoms with Crippen molar-refractivity contribution >= 4 is 11.6 Å². The highest BCUT2D eigenvalue weighted by Gasteiger charge is 2.24. The van der Waals surface area contributed by atoms with Crippen LogP contribution >= 0.6 is 0 Å². The van der Waals surface area contributed by atoms with E-state index in [-0.39, 0.29) is 17.2 Å². The van der Waals surface area contributed by atoms with Crippen LogP contribution in [0.1, 0.15) is 88.0 Å². The Bertz CT molecular complexity index is 1300. The van der Waals surface area contributed by atoms with Crippen molar-refractivity contribution in [3.63, 3.8) is 0 Å². The zero-order valence-electron chi connectivity index (χ0n) is 26.8. The number of amides is 1. The number of rotatable bonds is 14. The summed E-state index contributed by atoms with van der Waals surface area (Å²) in [6, 6.07) is 22.7. The van der Waals surface area contributed by atoms with Gasteiger partial charge in [-0.25, -0.2) is 0 Å². The maximum atomic E-state index is 13.8. The Morgan fingerprint density at radius 3 is 2.44 bits per heavy atom. The van der Waals surface area contributed by atoms with Crippen LogP contribution in [-0.4, -0.2) is 44.2 Å². The van der Waals surface area contributed by atoms with E-state index < -0.39 is 0 Å². The van der Waals surface area contributed by atoms with Crippen LogP contribution < -0.4 is 14.8 Å². The summed E-state index contributed by atoms with van der Waals surface area (Å²) >= 11 is 0. The summed E-state index contributed by atoms with van der Waals surface area (Å²) in [5.41, 5.74) is 5.29. The lowest BCUT2D eigenvalue weighted by Gasteiger charge is -2.28. The fourth-order valence-electron chi connectivity index (χ4n) is 5.76. The van der Waals surface area contributed by atoms with Crippen molar-refractivity contribution in [1.82, 2.24) is 4.90 Å². The molecule has 0 bridgehead atoms. The molecule has 0 saturated carbocycles. The highest BCUT2D eigenvalue weighted by Crippen LogP contribution is 2.37. The number of nitrogens with one attached hydrogen (secondary N) is 1. The van der Waals surface area contributed by atoms with Gasteiger partial charge in [-0.2, -0.15) is 0 Å². The molecule has 0 aliphatic carbocycles. The van der Waals surface area contributed by atoms with Gasteiger partial charge in [-0.15, -0.1) is 0 Å². The number of methoxy groups -OCH3 is 1. The second kappa shape index (κ2) is 15.9. The van der Waals surface area contributed by atoms with Crippen LogP contribution in [-0.2, 0) is 28.1 Å². The predicted molar refractivity (Wildman–Crippen MR) is 175 cm³/mol. The molecule has 1 fully saturated rings. The quantitative estimate of drug-likeness (QED) is 0.194. The Balaban J connectivity index is 1.54. The molecule has 0 spiro atoms. The number of nitrogens with zero attached hydrogens (tertiary/aromatic N) is 1. The van der Waals surface area contributed by atoms with Crippen molar-refractivity contribution in [2.24, 2.45) is 0 Å². The number of hydrogen-bond donors (Lipinski definition) is 1. The second-order valence-electron chi connectivity index (χ2n) is 12.6. The van der Waals surface area contributed by atoms with Gasteiger partial charge in [0.1, 0.15) is 18.1 Å². The topological polar surface area (TPSA) is 60.0 Å². The van der Waals surface area contributed by atoms with Gasteiger partial charge in [0.2, 0.25) is 5.91 Å². The summed E-state index contributed by atoms with van der Waals surface area (Å²) < 4.78 is 17.5. The molecule has 43 heavy (non-hydrogen) atoms. The summed E-state index contributed by atoms with van der Waals surface area (Å²) in [5.74, 6) is 1.61. The van der Waals surface area contributed by atoms with Gasteiger partial charge >= 0.3 is 0 Å². The summed E-state index contributed by atoms with van der Waals surface area (Å²) in [4.78, 5) is 16.2. The van der Waals surface area contributed by atoms with Crippen LogP contribution in [0.15, 0.2) is 66.7 Å². The van der Waals surface area contributed by atoms with Crippen LogP contribution in [0, 0.1) is 0 Å². The molecule has 0 aromatic heterocycles. The van der Waals surface area contributed by atoms with E-state index in [9.17, 15) is 4.79 Å². The van der Waals surface area contributed by atoms with Gasteiger partial charge in [0.25, 0.3) is 0 Å². The molecular weight excluding hydrogens is 536 g/mol. The SMILES string of the molecule is CCCCCC(CC(=O)Nc1cc(CN2CCOCC2)ccc1C(C)(C)C)c1cc(OCc2ccccc2)ccc1OC. The molecule has 6 nitrogen and oxygen atoms in total. The molecule has 3 aromatic carbocycles. The van der Waals surface area contributed by atoms with Gasteiger partial charge in [0, 0.05) is 37.3 Å². The third-order valence-corrected chi connectivity index (χ3v) is 8.15. The molecule has 1 N–H and O–H groups in total. The molecule has 1 atom stereocenters. The highest BCUT2D eigenvalue weighted by molar-refractivity contribution is 5.92. The van der Waals surface area contributed by atoms with Crippen molar-refractivity contribution in [3.05, 3.63) is 89.0 Å². The van der Waals surface area contributed by atoms with E-state index in [1.54, 1.807) is 7.11 Å². The Morgan fingerprint density at radius 2 is 1.74 bits per heavy atom. The number of unbranched alkanes of at least 4 members (excludes halogenated alkanes) is 2. The molecule has 0 radical (unpaired) electrons. The number of morpholine rings is 1. The predicted octanol–water partition coefficient (Wildman–Crippen LogP) is 8.10. The summed E-state index contributed by atoms with van der Waals surface area (Å²) in [5, 5.41) is 3.33. The standard InChI is InChI=1S/C37H50N2O4/c1-6-7-9-14-30(32-25-31(16-18-35(32)41-5)43-27-28-12-10-8-11-13-28)24-36(40)38-34-23-29(15-17-33(34)37(2,3)4)26-39-19-21-42-22-20-39/h8,10-13,15-18,23,25,30H,6-7,9,14,19-22,24,26-27H2,1-5H3,(H,38,40). The van der Waals surface area contributed by atoms with Gasteiger partial charge in [-0.3, -0.25) is 9.69 Å². The normalized spacial score (nSPS) is 14.7. The molecular formula is C37H50N2O4. The molecule has 1 heterocycles. The van der Waals surface area contributed by atoms with Gasteiger partial charge in [-0.05, 0) is 58.7 Å². The minimum absolute atomic E-state index is 0.0106. The van der Waals surface area contributed by atoms with E-state index in [0.717, 1.165) is 92.4 Å². The van der Waals surface area contributed by atoms with Crippen molar-refractivity contribution in [1.29, 1.82) is 0 Å². The lowest BCUT2D eigenvalue weighted by molar-refractivity contribution is -0.116. The van der Waals surface area contributed by atoms with E-state index in [4.69, 9.17) is 14.2 Å². The first-order valence-corrected chi connectivity index (χ1v) is 15.8. The number of hydrogen-bond acceptors (Lipinski definition) is 5. The smallest absolute Gasteiger partial charge is 0.224 e. The Morgan fingerprint density at radius 1 is 0.977 bits per heavy atom.